The van der Waals surface area contributed by atoms with Crippen LogP contribution in [0.15, 0.2) is 42.0 Å². The largest absolute Gasteiger partial charge is 0.342 e. The highest BCUT2D eigenvalue weighted by molar-refractivity contribution is 6.02. The summed E-state index contributed by atoms with van der Waals surface area (Å²) in [6.45, 7) is 3.59. The van der Waals surface area contributed by atoms with Crippen molar-refractivity contribution in [3.8, 4) is 0 Å². The zero-order chi connectivity index (χ0) is 18.8. The third kappa shape index (κ3) is 7.28. The lowest BCUT2D eigenvalue weighted by Crippen LogP contribution is -2.45. The van der Waals surface area contributed by atoms with E-state index in [1.807, 2.05) is 44.2 Å². The average Bonchev–Trinajstić information content (AvgIpc) is 2.60. The van der Waals surface area contributed by atoms with Crippen LogP contribution in [0, 0.1) is 5.92 Å². The molecule has 5 N–H and O–H groups in total. The molecule has 0 spiro atoms. The Balaban J connectivity index is 2.95. The number of benzene rings is 1. The maximum absolute atomic E-state index is 12.5. The Labute approximate surface area is 147 Å². The third-order valence-corrected chi connectivity index (χ3v) is 3.51. The standard InChI is InChI=1S/C18H25N3O4/c1-12(2)8-14(10-17(23)21-25)18(24)20-15(16(22)11-19)9-13-6-4-3-5-7-13/h3-7,10,12,15,25H,8-9,11,19H2,1-2H3,(H,20,24)(H,21,23)/t15-/m0/s1. The molecule has 1 atom stereocenters. The van der Waals surface area contributed by atoms with Gasteiger partial charge in [-0.15, -0.1) is 0 Å². The van der Waals surface area contributed by atoms with Crippen molar-refractivity contribution in [1.29, 1.82) is 0 Å². The van der Waals surface area contributed by atoms with E-state index in [1.165, 1.54) is 5.48 Å². The first-order valence-corrected chi connectivity index (χ1v) is 8.09. The first-order valence-electron chi connectivity index (χ1n) is 8.09. The zero-order valence-corrected chi connectivity index (χ0v) is 14.5. The van der Waals surface area contributed by atoms with Crippen LogP contribution in [0.1, 0.15) is 25.8 Å². The summed E-state index contributed by atoms with van der Waals surface area (Å²) in [5.74, 6) is -1.51. The molecular formula is C18H25N3O4. The third-order valence-electron chi connectivity index (χ3n) is 3.51. The van der Waals surface area contributed by atoms with Crippen molar-refractivity contribution in [1.82, 2.24) is 10.8 Å². The lowest BCUT2D eigenvalue weighted by molar-refractivity contribution is -0.126. The van der Waals surface area contributed by atoms with E-state index >= 15 is 0 Å². The van der Waals surface area contributed by atoms with Crippen LogP contribution in [-0.2, 0) is 20.8 Å². The molecule has 1 aromatic rings. The Morgan fingerprint density at radius 1 is 1.20 bits per heavy atom. The molecule has 0 aliphatic heterocycles. The number of hydrogen-bond donors (Lipinski definition) is 4. The maximum Gasteiger partial charge on any atom is 0.267 e. The SMILES string of the molecule is CC(C)CC(=CC(=O)NO)C(=O)N[C@@H](Cc1ccccc1)C(=O)CN. The quantitative estimate of drug-likeness (QED) is 0.298. The molecule has 0 saturated carbocycles. The van der Waals surface area contributed by atoms with Crippen LogP contribution in [0.2, 0.25) is 0 Å². The number of amides is 2. The minimum absolute atomic E-state index is 0.112. The lowest BCUT2D eigenvalue weighted by Gasteiger charge is -2.19. The molecule has 136 valence electrons. The van der Waals surface area contributed by atoms with E-state index in [0.717, 1.165) is 11.6 Å². The van der Waals surface area contributed by atoms with Gasteiger partial charge in [-0.1, -0.05) is 44.2 Å². The molecule has 1 aromatic carbocycles. The van der Waals surface area contributed by atoms with Gasteiger partial charge in [0.05, 0.1) is 12.6 Å². The molecule has 7 nitrogen and oxygen atoms in total. The average molecular weight is 347 g/mol. The Morgan fingerprint density at radius 2 is 1.84 bits per heavy atom. The van der Waals surface area contributed by atoms with Crippen molar-refractivity contribution < 1.29 is 19.6 Å². The highest BCUT2D eigenvalue weighted by Gasteiger charge is 2.22. The first-order chi connectivity index (χ1) is 11.9. The highest BCUT2D eigenvalue weighted by Crippen LogP contribution is 2.12. The molecule has 2 amide bonds. The van der Waals surface area contributed by atoms with Crippen molar-refractivity contribution in [3.05, 3.63) is 47.5 Å². The molecule has 0 aromatic heterocycles. The van der Waals surface area contributed by atoms with Crippen molar-refractivity contribution >= 4 is 17.6 Å². The predicted octanol–water partition coefficient (Wildman–Crippen LogP) is 0.720. The second kappa shape index (κ2) is 10.4. The van der Waals surface area contributed by atoms with Crippen molar-refractivity contribution in [2.45, 2.75) is 32.7 Å². The Bertz CT molecular complexity index is 626. The van der Waals surface area contributed by atoms with Gasteiger partial charge in [0.2, 0.25) is 5.91 Å². The molecular weight excluding hydrogens is 322 g/mol. The van der Waals surface area contributed by atoms with Gasteiger partial charge in [-0.3, -0.25) is 19.6 Å². The van der Waals surface area contributed by atoms with E-state index < -0.39 is 17.9 Å². The summed E-state index contributed by atoms with van der Waals surface area (Å²) in [6.07, 6.45) is 1.67. The smallest absolute Gasteiger partial charge is 0.267 e. The van der Waals surface area contributed by atoms with Gasteiger partial charge in [-0.2, -0.15) is 0 Å². The van der Waals surface area contributed by atoms with Gasteiger partial charge >= 0.3 is 0 Å². The van der Waals surface area contributed by atoms with E-state index in [0.29, 0.717) is 12.8 Å². The molecule has 0 saturated heterocycles. The van der Waals surface area contributed by atoms with Crippen LogP contribution in [0.5, 0.6) is 0 Å². The number of hydrogen-bond acceptors (Lipinski definition) is 5. The molecule has 0 unspecified atom stereocenters. The summed E-state index contributed by atoms with van der Waals surface area (Å²) in [6, 6.07) is 8.47. The Morgan fingerprint density at radius 3 is 2.36 bits per heavy atom. The van der Waals surface area contributed by atoms with Gasteiger partial charge in [0.1, 0.15) is 0 Å². The number of ketones is 1. The van der Waals surface area contributed by atoms with Gasteiger partial charge in [0, 0.05) is 11.6 Å². The van der Waals surface area contributed by atoms with Crippen molar-refractivity contribution in [3.63, 3.8) is 0 Å². The van der Waals surface area contributed by atoms with E-state index in [4.69, 9.17) is 10.9 Å². The van der Waals surface area contributed by atoms with E-state index in [-0.39, 0.29) is 23.8 Å². The van der Waals surface area contributed by atoms with Gasteiger partial charge in [0.15, 0.2) is 5.78 Å². The summed E-state index contributed by atoms with van der Waals surface area (Å²) in [5, 5.41) is 11.3. The molecule has 0 aliphatic rings. The van der Waals surface area contributed by atoms with Gasteiger partial charge in [-0.05, 0) is 24.3 Å². The summed E-state index contributed by atoms with van der Waals surface area (Å²) >= 11 is 0. The number of Topliss-reactive ketones (excluding diaryl/α,β-unsaturated/α-hetero) is 1. The molecule has 1 rings (SSSR count). The molecule has 0 bridgehead atoms. The monoisotopic (exact) mass is 347 g/mol. The number of carbonyl (C=O) groups excluding carboxylic acids is 3. The summed E-state index contributed by atoms with van der Waals surface area (Å²) in [5.41, 5.74) is 7.99. The Kier molecular flexibility index (Phi) is 8.52. The maximum atomic E-state index is 12.5. The number of nitrogens with one attached hydrogen (secondary N) is 2. The van der Waals surface area contributed by atoms with Crippen molar-refractivity contribution in [2.24, 2.45) is 11.7 Å². The summed E-state index contributed by atoms with van der Waals surface area (Å²) < 4.78 is 0. The number of carbonyl (C=O) groups is 3. The van der Waals surface area contributed by atoms with Crippen LogP contribution in [0.4, 0.5) is 0 Å². The number of nitrogens with two attached hydrogens (primary N) is 1. The fourth-order valence-corrected chi connectivity index (χ4v) is 2.34. The predicted molar refractivity (Wildman–Crippen MR) is 93.6 cm³/mol. The highest BCUT2D eigenvalue weighted by atomic mass is 16.5. The van der Waals surface area contributed by atoms with Gasteiger partial charge < -0.3 is 11.1 Å². The second-order valence-corrected chi connectivity index (χ2v) is 6.13. The molecule has 7 heteroatoms. The number of rotatable bonds is 9. The van der Waals surface area contributed by atoms with Crippen LogP contribution < -0.4 is 16.5 Å². The second-order valence-electron chi connectivity index (χ2n) is 6.13. The molecule has 0 aliphatic carbocycles. The summed E-state index contributed by atoms with van der Waals surface area (Å²) in [4.78, 5) is 36.0. The summed E-state index contributed by atoms with van der Waals surface area (Å²) in [7, 11) is 0. The van der Waals surface area contributed by atoms with Crippen LogP contribution >= 0.6 is 0 Å². The minimum atomic E-state index is -0.796. The van der Waals surface area contributed by atoms with E-state index in [9.17, 15) is 14.4 Å². The normalized spacial score (nSPS) is 12.6. The van der Waals surface area contributed by atoms with Gasteiger partial charge in [-0.25, -0.2) is 5.48 Å². The fourth-order valence-electron chi connectivity index (χ4n) is 2.34. The molecule has 0 fully saturated rings. The molecule has 0 heterocycles. The van der Waals surface area contributed by atoms with Crippen LogP contribution in [0.25, 0.3) is 0 Å². The first kappa shape index (κ1) is 20.5. The van der Waals surface area contributed by atoms with Gasteiger partial charge in [0.25, 0.3) is 5.91 Å². The zero-order valence-electron chi connectivity index (χ0n) is 14.5. The lowest BCUT2D eigenvalue weighted by atomic mass is 9.99. The van der Waals surface area contributed by atoms with Crippen molar-refractivity contribution in [2.75, 3.05) is 6.54 Å². The van der Waals surface area contributed by atoms with E-state index in [1.54, 1.807) is 0 Å². The number of hydroxylamine groups is 1. The topological polar surface area (TPSA) is 122 Å². The molecule has 0 radical (unpaired) electrons. The van der Waals surface area contributed by atoms with E-state index in [2.05, 4.69) is 5.32 Å². The minimum Gasteiger partial charge on any atom is -0.342 e. The molecule has 25 heavy (non-hydrogen) atoms. The van der Waals surface area contributed by atoms with Crippen LogP contribution in [-0.4, -0.2) is 35.4 Å². The fraction of sp³-hybridized carbons (Fsp3) is 0.389. The van der Waals surface area contributed by atoms with Crippen LogP contribution in [0.3, 0.4) is 0 Å². The Hall–Kier alpha value is -2.51.